The fraction of sp³-hybridized carbons (Fsp3) is 0.444. The van der Waals surface area contributed by atoms with Crippen LogP contribution in [0.2, 0.25) is 0 Å². The highest BCUT2D eigenvalue weighted by Crippen LogP contribution is 2.21. The zero-order valence-electron chi connectivity index (χ0n) is 8.36. The Kier molecular flexibility index (Phi) is 4.31. The van der Waals surface area contributed by atoms with Crippen LogP contribution in [0.5, 0.6) is 5.88 Å². The lowest BCUT2D eigenvalue weighted by atomic mass is 10.1. The van der Waals surface area contributed by atoms with E-state index in [1.54, 1.807) is 20.4 Å². The predicted octanol–water partition coefficient (Wildman–Crippen LogP) is 0.241. The summed E-state index contributed by atoms with van der Waals surface area (Å²) in [7, 11) is 3.19. The van der Waals surface area contributed by atoms with Crippen LogP contribution in [0, 0.1) is 0 Å². The molecule has 0 aliphatic carbocycles. The minimum absolute atomic E-state index is 0.108. The quantitative estimate of drug-likeness (QED) is 0.522. The van der Waals surface area contributed by atoms with Crippen LogP contribution in [0.3, 0.4) is 0 Å². The first-order chi connectivity index (χ1) is 6.83. The van der Waals surface area contributed by atoms with Gasteiger partial charge in [0, 0.05) is 18.9 Å². The summed E-state index contributed by atoms with van der Waals surface area (Å²) in [5.41, 5.74) is 3.54. The molecule has 0 saturated heterocycles. The molecule has 1 atom stereocenters. The molecular weight excluding hydrogens is 182 g/mol. The highest BCUT2D eigenvalue weighted by molar-refractivity contribution is 5.28. The van der Waals surface area contributed by atoms with Crippen LogP contribution in [0.15, 0.2) is 18.3 Å². The molecule has 0 radical (unpaired) electrons. The Morgan fingerprint density at radius 1 is 1.57 bits per heavy atom. The van der Waals surface area contributed by atoms with Crippen molar-refractivity contribution in [2.45, 2.75) is 6.04 Å². The highest BCUT2D eigenvalue weighted by atomic mass is 16.5. The molecule has 5 heteroatoms. The van der Waals surface area contributed by atoms with Crippen LogP contribution < -0.4 is 16.0 Å². The number of ether oxygens (including phenoxy) is 2. The summed E-state index contributed by atoms with van der Waals surface area (Å²) in [5.74, 6) is 5.96. The number of hydrogen-bond acceptors (Lipinski definition) is 5. The Morgan fingerprint density at radius 2 is 2.36 bits per heavy atom. The van der Waals surface area contributed by atoms with E-state index in [0.29, 0.717) is 12.5 Å². The molecule has 1 heterocycles. The Bertz CT molecular complexity index is 281. The molecule has 0 aliphatic rings. The Hall–Kier alpha value is -1.17. The van der Waals surface area contributed by atoms with Crippen LogP contribution in [-0.2, 0) is 4.74 Å². The third kappa shape index (κ3) is 2.41. The number of nitrogens with one attached hydrogen (secondary N) is 1. The Balaban J connectivity index is 2.90. The number of hydrazine groups is 1. The first kappa shape index (κ1) is 10.9. The number of hydrogen-bond donors (Lipinski definition) is 2. The van der Waals surface area contributed by atoms with Gasteiger partial charge in [-0.3, -0.25) is 11.3 Å². The highest BCUT2D eigenvalue weighted by Gasteiger charge is 2.14. The number of nitrogens with two attached hydrogens (primary N) is 1. The number of nitrogens with zero attached hydrogens (tertiary/aromatic N) is 1. The van der Waals surface area contributed by atoms with Gasteiger partial charge < -0.3 is 9.47 Å². The first-order valence-electron chi connectivity index (χ1n) is 4.27. The van der Waals surface area contributed by atoms with Gasteiger partial charge in [-0.1, -0.05) is 6.07 Å². The molecule has 3 N–H and O–H groups in total. The minimum Gasteiger partial charge on any atom is -0.481 e. The minimum atomic E-state index is -0.108. The number of aromatic nitrogens is 1. The average molecular weight is 197 g/mol. The summed E-state index contributed by atoms with van der Waals surface area (Å²) in [4.78, 5) is 4.07. The smallest absolute Gasteiger partial charge is 0.217 e. The van der Waals surface area contributed by atoms with E-state index in [4.69, 9.17) is 15.3 Å². The van der Waals surface area contributed by atoms with Gasteiger partial charge in [-0.05, 0) is 6.07 Å². The lowest BCUT2D eigenvalue weighted by molar-refractivity contribution is 0.165. The lowest BCUT2D eigenvalue weighted by Crippen LogP contribution is -2.31. The van der Waals surface area contributed by atoms with Crippen molar-refractivity contribution in [1.29, 1.82) is 0 Å². The molecule has 1 aromatic heterocycles. The molecule has 1 rings (SSSR count). The van der Waals surface area contributed by atoms with Gasteiger partial charge in [-0.2, -0.15) is 0 Å². The molecule has 1 aromatic rings. The second kappa shape index (κ2) is 5.54. The van der Waals surface area contributed by atoms with Crippen molar-refractivity contribution in [2.24, 2.45) is 5.84 Å². The number of methoxy groups -OCH3 is 2. The second-order valence-electron chi connectivity index (χ2n) is 2.78. The van der Waals surface area contributed by atoms with E-state index in [1.807, 2.05) is 12.1 Å². The van der Waals surface area contributed by atoms with E-state index in [1.165, 1.54) is 0 Å². The summed E-state index contributed by atoms with van der Waals surface area (Å²) < 4.78 is 10.1. The fourth-order valence-corrected chi connectivity index (χ4v) is 1.23. The van der Waals surface area contributed by atoms with Crippen molar-refractivity contribution >= 4 is 0 Å². The van der Waals surface area contributed by atoms with Crippen LogP contribution in [-0.4, -0.2) is 25.8 Å². The van der Waals surface area contributed by atoms with Crippen LogP contribution >= 0.6 is 0 Å². The molecular formula is C9H15N3O2. The first-order valence-corrected chi connectivity index (χ1v) is 4.27. The van der Waals surface area contributed by atoms with Gasteiger partial charge in [0.1, 0.15) is 0 Å². The van der Waals surface area contributed by atoms with Gasteiger partial charge in [-0.15, -0.1) is 0 Å². The maximum absolute atomic E-state index is 5.40. The SMILES string of the molecule is COCC(NN)c1cccnc1OC. The summed E-state index contributed by atoms with van der Waals surface area (Å²) in [6.07, 6.45) is 1.67. The third-order valence-electron chi connectivity index (χ3n) is 1.90. The largest absolute Gasteiger partial charge is 0.481 e. The van der Waals surface area contributed by atoms with Crippen LogP contribution in [0.25, 0.3) is 0 Å². The van der Waals surface area contributed by atoms with Crippen molar-refractivity contribution in [2.75, 3.05) is 20.8 Å². The monoisotopic (exact) mass is 197 g/mol. The molecule has 0 aromatic carbocycles. The van der Waals surface area contributed by atoms with Crippen LogP contribution in [0.4, 0.5) is 0 Å². The van der Waals surface area contributed by atoms with E-state index < -0.39 is 0 Å². The molecule has 0 saturated carbocycles. The Morgan fingerprint density at radius 3 is 2.93 bits per heavy atom. The molecule has 1 unspecified atom stereocenters. The van der Waals surface area contributed by atoms with E-state index in [-0.39, 0.29) is 6.04 Å². The molecule has 78 valence electrons. The van der Waals surface area contributed by atoms with Crippen molar-refractivity contribution in [3.8, 4) is 5.88 Å². The van der Waals surface area contributed by atoms with Gasteiger partial charge in [0.25, 0.3) is 0 Å². The van der Waals surface area contributed by atoms with E-state index in [9.17, 15) is 0 Å². The normalized spacial score (nSPS) is 12.5. The number of rotatable bonds is 5. The number of pyridine rings is 1. The maximum Gasteiger partial charge on any atom is 0.217 e. The molecule has 0 bridgehead atoms. The van der Waals surface area contributed by atoms with Gasteiger partial charge in [-0.25, -0.2) is 4.98 Å². The van der Waals surface area contributed by atoms with Crippen molar-refractivity contribution in [1.82, 2.24) is 10.4 Å². The fourth-order valence-electron chi connectivity index (χ4n) is 1.23. The second-order valence-corrected chi connectivity index (χ2v) is 2.78. The molecule has 0 fully saturated rings. The van der Waals surface area contributed by atoms with E-state index >= 15 is 0 Å². The van der Waals surface area contributed by atoms with Gasteiger partial charge in [0.05, 0.1) is 19.8 Å². The average Bonchev–Trinajstić information content (AvgIpc) is 2.26. The maximum atomic E-state index is 5.40. The van der Waals surface area contributed by atoms with Crippen molar-refractivity contribution < 1.29 is 9.47 Å². The van der Waals surface area contributed by atoms with Crippen molar-refractivity contribution in [3.05, 3.63) is 23.9 Å². The lowest BCUT2D eigenvalue weighted by Gasteiger charge is -2.16. The summed E-state index contributed by atoms with van der Waals surface area (Å²) in [5, 5.41) is 0. The molecule has 14 heavy (non-hydrogen) atoms. The van der Waals surface area contributed by atoms with Crippen LogP contribution in [0.1, 0.15) is 11.6 Å². The standard InChI is InChI=1S/C9H15N3O2/c1-13-6-8(12-10)7-4-3-5-11-9(7)14-2/h3-5,8,12H,6,10H2,1-2H3. The summed E-state index contributed by atoms with van der Waals surface area (Å²) >= 11 is 0. The molecule has 0 amide bonds. The molecule has 0 aliphatic heterocycles. The molecule has 5 nitrogen and oxygen atoms in total. The zero-order chi connectivity index (χ0) is 10.4. The topological polar surface area (TPSA) is 69.4 Å². The van der Waals surface area contributed by atoms with Gasteiger partial charge in [0.2, 0.25) is 5.88 Å². The van der Waals surface area contributed by atoms with Gasteiger partial charge in [0.15, 0.2) is 0 Å². The van der Waals surface area contributed by atoms with E-state index in [0.717, 1.165) is 5.56 Å². The summed E-state index contributed by atoms with van der Waals surface area (Å²) in [6, 6.07) is 3.62. The van der Waals surface area contributed by atoms with Gasteiger partial charge >= 0.3 is 0 Å². The molecule has 0 spiro atoms. The third-order valence-corrected chi connectivity index (χ3v) is 1.90. The van der Waals surface area contributed by atoms with E-state index in [2.05, 4.69) is 10.4 Å². The predicted molar refractivity (Wildman–Crippen MR) is 52.7 cm³/mol. The zero-order valence-corrected chi connectivity index (χ0v) is 8.36. The Labute approximate surface area is 83.2 Å². The van der Waals surface area contributed by atoms with Crippen molar-refractivity contribution in [3.63, 3.8) is 0 Å². The summed E-state index contributed by atoms with van der Waals surface area (Å²) in [6.45, 7) is 0.471.